The number of amides is 2. The predicted octanol–water partition coefficient (Wildman–Crippen LogP) is 4.99. The minimum Gasteiger partial charge on any atom is -0.497 e. The molecule has 1 saturated heterocycles. The van der Waals surface area contributed by atoms with Gasteiger partial charge in [0.05, 0.1) is 26.5 Å². The highest BCUT2D eigenvalue weighted by molar-refractivity contribution is 9.10. The highest BCUT2D eigenvalue weighted by Gasteiger charge is 2.42. The van der Waals surface area contributed by atoms with Gasteiger partial charge in [-0.2, -0.15) is 0 Å². The van der Waals surface area contributed by atoms with Crippen molar-refractivity contribution in [3.63, 3.8) is 0 Å². The summed E-state index contributed by atoms with van der Waals surface area (Å²) in [6.45, 7) is 2.32. The van der Waals surface area contributed by atoms with Gasteiger partial charge in [-0.25, -0.2) is 0 Å². The Morgan fingerprint density at radius 3 is 2.32 bits per heavy atom. The molecule has 3 aromatic carbocycles. The predicted molar refractivity (Wildman–Crippen MR) is 134 cm³/mol. The molecule has 0 saturated carbocycles. The first-order chi connectivity index (χ1) is 16.5. The van der Waals surface area contributed by atoms with Gasteiger partial charge in [0, 0.05) is 16.2 Å². The van der Waals surface area contributed by atoms with E-state index >= 15 is 0 Å². The number of rotatable bonds is 7. The Labute approximate surface area is 207 Å². The van der Waals surface area contributed by atoms with E-state index in [1.807, 2.05) is 31.2 Å². The molecule has 8 heteroatoms. The summed E-state index contributed by atoms with van der Waals surface area (Å²) in [6, 6.07) is 18.9. The zero-order valence-corrected chi connectivity index (χ0v) is 20.7. The van der Waals surface area contributed by atoms with E-state index < -0.39 is 6.04 Å². The van der Waals surface area contributed by atoms with Crippen molar-refractivity contribution in [2.75, 3.05) is 37.2 Å². The maximum Gasteiger partial charge on any atom is 0.255 e. The molecular weight excluding hydrogens is 500 g/mol. The molecule has 0 radical (unpaired) electrons. The van der Waals surface area contributed by atoms with Crippen LogP contribution in [0.15, 0.2) is 71.2 Å². The van der Waals surface area contributed by atoms with E-state index in [4.69, 9.17) is 14.2 Å². The van der Waals surface area contributed by atoms with Crippen molar-refractivity contribution in [3.05, 3.63) is 76.8 Å². The monoisotopic (exact) mass is 524 g/mol. The number of carbonyl (C=O) groups is 2. The Kier molecular flexibility index (Phi) is 7.07. The molecule has 7 nitrogen and oxygen atoms in total. The topological polar surface area (TPSA) is 68.3 Å². The fraction of sp³-hybridized carbons (Fsp3) is 0.231. The molecule has 1 aliphatic heterocycles. The van der Waals surface area contributed by atoms with Crippen LogP contribution in [0, 0.1) is 0 Å². The lowest BCUT2D eigenvalue weighted by molar-refractivity contribution is -0.128. The number of ether oxygens (including phenoxy) is 3. The van der Waals surface area contributed by atoms with E-state index in [0.717, 1.165) is 4.47 Å². The average molecular weight is 525 g/mol. The third-order valence-corrected chi connectivity index (χ3v) is 6.08. The molecule has 0 N–H and O–H groups in total. The van der Waals surface area contributed by atoms with Gasteiger partial charge < -0.3 is 14.2 Å². The van der Waals surface area contributed by atoms with E-state index in [9.17, 15) is 9.59 Å². The molecule has 0 aromatic heterocycles. The van der Waals surface area contributed by atoms with Crippen molar-refractivity contribution < 1.29 is 23.8 Å². The second-order valence-electron chi connectivity index (χ2n) is 7.61. The summed E-state index contributed by atoms with van der Waals surface area (Å²) < 4.78 is 17.1. The molecule has 1 unspecified atom stereocenters. The number of carbonyl (C=O) groups excluding carboxylic acids is 2. The summed E-state index contributed by atoms with van der Waals surface area (Å²) in [6.07, 6.45) is 0. The lowest BCUT2D eigenvalue weighted by Crippen LogP contribution is -2.56. The maximum absolute atomic E-state index is 14.0. The Morgan fingerprint density at radius 2 is 1.68 bits per heavy atom. The van der Waals surface area contributed by atoms with Crippen molar-refractivity contribution in [2.24, 2.45) is 0 Å². The van der Waals surface area contributed by atoms with E-state index in [1.54, 1.807) is 54.5 Å². The van der Waals surface area contributed by atoms with Gasteiger partial charge in [-0.05, 0) is 61.0 Å². The van der Waals surface area contributed by atoms with Crippen LogP contribution >= 0.6 is 15.9 Å². The molecule has 1 fully saturated rings. The van der Waals surface area contributed by atoms with Crippen LogP contribution in [-0.4, -0.2) is 39.2 Å². The highest BCUT2D eigenvalue weighted by atomic mass is 79.9. The fourth-order valence-electron chi connectivity index (χ4n) is 4.03. The lowest BCUT2D eigenvalue weighted by atomic mass is 9.99. The van der Waals surface area contributed by atoms with Gasteiger partial charge in [0.15, 0.2) is 0 Å². The van der Waals surface area contributed by atoms with E-state index in [1.165, 1.54) is 12.0 Å². The average Bonchev–Trinajstić information content (AvgIpc) is 2.85. The number of piperazine rings is 1. The minimum atomic E-state index is -0.858. The van der Waals surface area contributed by atoms with Crippen molar-refractivity contribution in [1.29, 1.82) is 0 Å². The van der Waals surface area contributed by atoms with E-state index in [2.05, 4.69) is 15.9 Å². The summed E-state index contributed by atoms with van der Waals surface area (Å²) in [5.74, 6) is 1.28. The first-order valence-corrected chi connectivity index (χ1v) is 11.6. The molecule has 2 amide bonds. The first kappa shape index (κ1) is 23.6. The van der Waals surface area contributed by atoms with Crippen LogP contribution in [0.3, 0.4) is 0 Å². The Balaban J connectivity index is 1.80. The Morgan fingerprint density at radius 1 is 0.941 bits per heavy atom. The lowest BCUT2D eigenvalue weighted by Gasteiger charge is -2.40. The number of hydrogen-bond donors (Lipinski definition) is 0. The number of methoxy groups -OCH3 is 2. The minimum absolute atomic E-state index is 0.126. The summed E-state index contributed by atoms with van der Waals surface area (Å²) in [5, 5.41) is 0. The van der Waals surface area contributed by atoms with Gasteiger partial charge in [-0.1, -0.05) is 28.1 Å². The van der Waals surface area contributed by atoms with Gasteiger partial charge in [0.2, 0.25) is 5.91 Å². The van der Waals surface area contributed by atoms with Crippen LogP contribution in [0.4, 0.5) is 11.4 Å². The van der Waals surface area contributed by atoms with Crippen LogP contribution < -0.4 is 24.0 Å². The molecule has 176 valence electrons. The summed E-state index contributed by atoms with van der Waals surface area (Å²) in [5.41, 5.74) is 1.82. The number of anilines is 2. The molecule has 3 aromatic rings. The molecule has 0 spiro atoms. The van der Waals surface area contributed by atoms with Gasteiger partial charge >= 0.3 is 0 Å². The highest BCUT2D eigenvalue weighted by Crippen LogP contribution is 2.39. The quantitative estimate of drug-likeness (QED) is 0.435. The van der Waals surface area contributed by atoms with Crippen molar-refractivity contribution >= 4 is 39.1 Å². The SMILES string of the molecule is CCOc1ccc(N2C(=O)CN(c3ccc(OC)cc3OC)C(=O)C2c2cccc(Br)c2)cc1. The van der Waals surface area contributed by atoms with Crippen LogP contribution in [0.25, 0.3) is 0 Å². The molecule has 1 aliphatic rings. The number of benzene rings is 3. The van der Waals surface area contributed by atoms with Crippen molar-refractivity contribution in [3.8, 4) is 17.2 Å². The second-order valence-corrected chi connectivity index (χ2v) is 8.53. The van der Waals surface area contributed by atoms with Gasteiger partial charge in [-0.15, -0.1) is 0 Å². The van der Waals surface area contributed by atoms with Crippen LogP contribution in [0.1, 0.15) is 18.5 Å². The molecule has 0 bridgehead atoms. The molecule has 1 atom stereocenters. The number of nitrogens with zero attached hydrogens (tertiary/aromatic N) is 2. The summed E-state index contributed by atoms with van der Waals surface area (Å²) >= 11 is 3.49. The van der Waals surface area contributed by atoms with E-state index in [0.29, 0.717) is 40.8 Å². The second kappa shape index (κ2) is 10.2. The largest absolute Gasteiger partial charge is 0.497 e. The smallest absolute Gasteiger partial charge is 0.255 e. The van der Waals surface area contributed by atoms with Crippen LogP contribution in [0.5, 0.6) is 17.2 Å². The van der Waals surface area contributed by atoms with Crippen LogP contribution in [0.2, 0.25) is 0 Å². The molecule has 34 heavy (non-hydrogen) atoms. The summed E-state index contributed by atoms with van der Waals surface area (Å²) in [7, 11) is 3.08. The van der Waals surface area contributed by atoms with Crippen molar-refractivity contribution in [1.82, 2.24) is 0 Å². The van der Waals surface area contributed by atoms with Gasteiger partial charge in [-0.3, -0.25) is 19.4 Å². The third kappa shape index (κ3) is 4.59. The summed E-state index contributed by atoms with van der Waals surface area (Å²) in [4.78, 5) is 30.5. The Hall–Kier alpha value is -3.52. The molecule has 4 rings (SSSR count). The van der Waals surface area contributed by atoms with Gasteiger partial charge in [0.1, 0.15) is 29.8 Å². The number of hydrogen-bond acceptors (Lipinski definition) is 5. The maximum atomic E-state index is 14.0. The van der Waals surface area contributed by atoms with Gasteiger partial charge in [0.25, 0.3) is 5.91 Å². The van der Waals surface area contributed by atoms with Crippen LogP contribution in [-0.2, 0) is 9.59 Å². The normalized spacial score (nSPS) is 15.9. The Bertz CT molecular complexity index is 1200. The standard InChI is InChI=1S/C26H25BrN2O5/c1-4-34-20-10-8-19(9-11-20)29-24(30)16-28(22-13-12-21(32-2)15-23(22)33-3)26(31)25(29)17-6-5-7-18(27)14-17/h5-15,25H,4,16H2,1-3H3. The van der Waals surface area contributed by atoms with Crippen molar-refractivity contribution in [2.45, 2.75) is 13.0 Å². The first-order valence-electron chi connectivity index (χ1n) is 10.8. The molecular formula is C26H25BrN2O5. The molecule has 1 heterocycles. The fourth-order valence-corrected chi connectivity index (χ4v) is 4.45. The zero-order valence-electron chi connectivity index (χ0n) is 19.2. The zero-order chi connectivity index (χ0) is 24.2. The third-order valence-electron chi connectivity index (χ3n) is 5.59. The number of halogens is 1. The molecule has 0 aliphatic carbocycles. The van der Waals surface area contributed by atoms with E-state index in [-0.39, 0.29) is 18.4 Å².